The van der Waals surface area contributed by atoms with Gasteiger partial charge in [0.15, 0.2) is 0 Å². The predicted molar refractivity (Wildman–Crippen MR) is 111 cm³/mol. The van der Waals surface area contributed by atoms with Gasteiger partial charge in [0.05, 0.1) is 17.7 Å². The Hall–Kier alpha value is -2.78. The summed E-state index contributed by atoms with van der Waals surface area (Å²) in [5.74, 6) is -1.52. The van der Waals surface area contributed by atoms with Crippen LogP contribution in [0.15, 0.2) is 18.2 Å². The van der Waals surface area contributed by atoms with Crippen LogP contribution in [0.4, 0.5) is 0 Å². The molecule has 4 amide bonds. The standard InChI is InChI=1S/C22H28N4O5/c23-14-7-10-25(11-8-14)9-1-2-12-31-15-3-4-16-17(13-15)22(30)26(21(16)29)18-5-6-19(27)24-20(18)28/h3-4,13-14,18H,1-2,5-12,23H2,(H,24,27,28). The largest absolute Gasteiger partial charge is 0.494 e. The number of piperidine rings is 2. The van der Waals surface area contributed by atoms with Crippen LogP contribution in [-0.2, 0) is 9.59 Å². The maximum Gasteiger partial charge on any atom is 0.262 e. The molecule has 9 nitrogen and oxygen atoms in total. The number of likely N-dealkylation sites (tertiary alicyclic amines) is 1. The van der Waals surface area contributed by atoms with Crippen molar-refractivity contribution in [3.63, 3.8) is 0 Å². The summed E-state index contributed by atoms with van der Waals surface area (Å²) < 4.78 is 5.79. The van der Waals surface area contributed by atoms with Crippen LogP contribution in [0.3, 0.4) is 0 Å². The van der Waals surface area contributed by atoms with Gasteiger partial charge in [0.1, 0.15) is 11.8 Å². The van der Waals surface area contributed by atoms with Gasteiger partial charge in [-0.1, -0.05) is 0 Å². The monoisotopic (exact) mass is 428 g/mol. The van der Waals surface area contributed by atoms with Gasteiger partial charge in [0.25, 0.3) is 11.8 Å². The minimum absolute atomic E-state index is 0.0996. The fourth-order valence-corrected chi connectivity index (χ4v) is 4.34. The highest BCUT2D eigenvalue weighted by Gasteiger charge is 2.44. The Morgan fingerprint density at radius 3 is 2.48 bits per heavy atom. The summed E-state index contributed by atoms with van der Waals surface area (Å²) in [6, 6.07) is 4.17. The lowest BCUT2D eigenvalue weighted by atomic mass is 10.0. The van der Waals surface area contributed by atoms with E-state index in [2.05, 4.69) is 10.2 Å². The molecule has 0 spiro atoms. The van der Waals surface area contributed by atoms with E-state index in [9.17, 15) is 19.2 Å². The lowest BCUT2D eigenvalue weighted by molar-refractivity contribution is -0.136. The van der Waals surface area contributed by atoms with Crippen molar-refractivity contribution in [2.45, 2.75) is 50.6 Å². The van der Waals surface area contributed by atoms with Gasteiger partial charge in [-0.2, -0.15) is 0 Å². The van der Waals surface area contributed by atoms with Crippen LogP contribution < -0.4 is 15.8 Å². The molecule has 0 bridgehead atoms. The highest BCUT2D eigenvalue weighted by molar-refractivity contribution is 6.23. The molecule has 3 heterocycles. The van der Waals surface area contributed by atoms with Crippen LogP contribution >= 0.6 is 0 Å². The Labute approximate surface area is 180 Å². The predicted octanol–water partition coefficient (Wildman–Crippen LogP) is 0.670. The summed E-state index contributed by atoms with van der Waals surface area (Å²) >= 11 is 0. The Bertz CT molecular complexity index is 894. The number of hydrogen-bond donors (Lipinski definition) is 2. The zero-order valence-corrected chi connectivity index (χ0v) is 17.5. The number of nitrogens with two attached hydrogens (primary N) is 1. The number of nitrogens with zero attached hydrogens (tertiary/aromatic N) is 2. The van der Waals surface area contributed by atoms with Crippen molar-refractivity contribution >= 4 is 23.6 Å². The van der Waals surface area contributed by atoms with Gasteiger partial charge in [-0.25, -0.2) is 0 Å². The summed E-state index contributed by atoms with van der Waals surface area (Å²) in [5.41, 5.74) is 6.42. The van der Waals surface area contributed by atoms with Crippen LogP contribution in [0.25, 0.3) is 0 Å². The summed E-state index contributed by atoms with van der Waals surface area (Å²) in [6.45, 7) is 3.64. The molecule has 166 valence electrons. The molecule has 3 aliphatic heterocycles. The molecule has 2 fully saturated rings. The normalized spacial score (nSPS) is 22.6. The number of fused-ring (bicyclic) bond motifs is 1. The lowest BCUT2D eigenvalue weighted by Gasteiger charge is -2.29. The first-order valence-corrected chi connectivity index (χ1v) is 10.9. The molecule has 1 aromatic rings. The first kappa shape index (κ1) is 21.5. The van der Waals surface area contributed by atoms with E-state index in [0.29, 0.717) is 18.4 Å². The Kier molecular flexibility index (Phi) is 6.33. The fourth-order valence-electron chi connectivity index (χ4n) is 4.34. The van der Waals surface area contributed by atoms with Gasteiger partial charge in [-0.3, -0.25) is 29.4 Å². The fraction of sp³-hybridized carbons (Fsp3) is 0.545. The Morgan fingerprint density at radius 1 is 1.00 bits per heavy atom. The quantitative estimate of drug-likeness (QED) is 0.483. The van der Waals surface area contributed by atoms with Gasteiger partial charge >= 0.3 is 0 Å². The maximum absolute atomic E-state index is 12.8. The van der Waals surface area contributed by atoms with Crippen LogP contribution in [0.2, 0.25) is 0 Å². The molecule has 1 unspecified atom stereocenters. The summed E-state index contributed by atoms with van der Waals surface area (Å²) in [7, 11) is 0. The summed E-state index contributed by atoms with van der Waals surface area (Å²) in [5, 5.41) is 2.19. The van der Waals surface area contributed by atoms with Crippen molar-refractivity contribution in [3.8, 4) is 5.75 Å². The number of rotatable bonds is 7. The van der Waals surface area contributed by atoms with Crippen molar-refractivity contribution in [1.29, 1.82) is 0 Å². The van der Waals surface area contributed by atoms with E-state index < -0.39 is 29.7 Å². The van der Waals surface area contributed by atoms with Gasteiger partial charge in [-0.05, 0) is 69.9 Å². The third-order valence-corrected chi connectivity index (χ3v) is 6.18. The zero-order valence-electron chi connectivity index (χ0n) is 17.5. The van der Waals surface area contributed by atoms with E-state index in [1.165, 1.54) is 0 Å². The van der Waals surface area contributed by atoms with E-state index in [4.69, 9.17) is 10.5 Å². The Balaban J connectivity index is 1.30. The second-order valence-corrected chi connectivity index (χ2v) is 8.39. The molecule has 3 aliphatic rings. The van der Waals surface area contributed by atoms with Crippen molar-refractivity contribution < 1.29 is 23.9 Å². The molecule has 1 atom stereocenters. The van der Waals surface area contributed by atoms with E-state index in [1.54, 1.807) is 18.2 Å². The smallest absolute Gasteiger partial charge is 0.262 e. The maximum atomic E-state index is 12.8. The van der Waals surface area contributed by atoms with E-state index in [0.717, 1.165) is 50.2 Å². The number of unbranched alkanes of at least 4 members (excludes halogenated alkanes) is 1. The van der Waals surface area contributed by atoms with Gasteiger partial charge in [0, 0.05) is 12.5 Å². The highest BCUT2D eigenvalue weighted by atomic mass is 16.5. The number of imide groups is 2. The molecule has 0 radical (unpaired) electrons. The van der Waals surface area contributed by atoms with Crippen LogP contribution in [-0.4, -0.2) is 71.8 Å². The molecular formula is C22H28N4O5. The second kappa shape index (κ2) is 9.15. The average Bonchev–Trinajstić information content (AvgIpc) is 2.99. The lowest BCUT2D eigenvalue weighted by Crippen LogP contribution is -2.54. The van der Waals surface area contributed by atoms with Crippen molar-refractivity contribution in [3.05, 3.63) is 29.3 Å². The molecule has 0 aliphatic carbocycles. The highest BCUT2D eigenvalue weighted by Crippen LogP contribution is 2.30. The topological polar surface area (TPSA) is 122 Å². The van der Waals surface area contributed by atoms with Crippen molar-refractivity contribution in [2.75, 3.05) is 26.2 Å². The minimum atomic E-state index is -0.959. The first-order valence-electron chi connectivity index (χ1n) is 10.9. The number of carbonyl (C=O) groups excluding carboxylic acids is 4. The SMILES string of the molecule is NC1CCN(CCCCOc2ccc3c(c2)C(=O)N(C2CCC(=O)NC2=O)C3=O)CC1. The number of carbonyl (C=O) groups is 4. The number of ether oxygens (including phenoxy) is 1. The Morgan fingerprint density at radius 2 is 1.74 bits per heavy atom. The average molecular weight is 428 g/mol. The van der Waals surface area contributed by atoms with Crippen molar-refractivity contribution in [2.24, 2.45) is 5.73 Å². The third kappa shape index (κ3) is 4.62. The molecule has 0 aromatic heterocycles. The first-order chi connectivity index (χ1) is 14.9. The van der Waals surface area contributed by atoms with Crippen LogP contribution in [0.1, 0.15) is 59.2 Å². The molecule has 31 heavy (non-hydrogen) atoms. The molecular weight excluding hydrogens is 400 g/mol. The number of benzene rings is 1. The molecule has 9 heteroatoms. The van der Waals surface area contributed by atoms with E-state index in [-0.39, 0.29) is 24.0 Å². The summed E-state index contributed by atoms with van der Waals surface area (Å²) in [4.78, 5) is 52.4. The number of amides is 4. The van der Waals surface area contributed by atoms with Crippen molar-refractivity contribution in [1.82, 2.24) is 15.1 Å². The van der Waals surface area contributed by atoms with Crippen LogP contribution in [0.5, 0.6) is 5.75 Å². The second-order valence-electron chi connectivity index (χ2n) is 8.39. The minimum Gasteiger partial charge on any atom is -0.494 e. The van der Waals surface area contributed by atoms with Gasteiger partial charge < -0.3 is 15.4 Å². The van der Waals surface area contributed by atoms with E-state index >= 15 is 0 Å². The van der Waals surface area contributed by atoms with E-state index in [1.807, 2.05) is 0 Å². The van der Waals surface area contributed by atoms with Crippen LogP contribution in [0, 0.1) is 0 Å². The molecule has 2 saturated heterocycles. The zero-order chi connectivity index (χ0) is 22.0. The molecule has 1 aromatic carbocycles. The molecule has 4 rings (SSSR count). The number of hydrogen-bond acceptors (Lipinski definition) is 7. The molecule has 3 N–H and O–H groups in total. The summed E-state index contributed by atoms with van der Waals surface area (Å²) in [6.07, 6.45) is 4.24. The van der Waals surface area contributed by atoms with Gasteiger partial charge in [0.2, 0.25) is 11.8 Å². The van der Waals surface area contributed by atoms with Gasteiger partial charge in [-0.15, -0.1) is 0 Å². The third-order valence-electron chi connectivity index (χ3n) is 6.18. The molecule has 0 saturated carbocycles. The number of nitrogens with one attached hydrogen (secondary N) is 1.